The summed E-state index contributed by atoms with van der Waals surface area (Å²) in [5.41, 5.74) is 2.19. The van der Waals surface area contributed by atoms with Crippen molar-refractivity contribution in [1.82, 2.24) is 5.32 Å². The molecule has 0 aromatic heterocycles. The molecule has 0 saturated carbocycles. The summed E-state index contributed by atoms with van der Waals surface area (Å²) in [6.45, 7) is 1.78. The molecule has 0 aliphatic rings. The summed E-state index contributed by atoms with van der Waals surface area (Å²) in [6.07, 6.45) is 1.57. The van der Waals surface area contributed by atoms with E-state index in [4.69, 9.17) is 34.8 Å². The molecule has 10 heteroatoms. The third-order valence-corrected chi connectivity index (χ3v) is 7.43. The predicted octanol–water partition coefficient (Wildman–Crippen LogP) is 8.18. The van der Waals surface area contributed by atoms with E-state index >= 15 is 0 Å². The first kappa shape index (κ1) is 30.2. The molecule has 1 atom stereocenters. The molecule has 41 heavy (non-hydrogen) atoms. The van der Waals surface area contributed by atoms with Crippen LogP contribution in [0.1, 0.15) is 22.8 Å². The Morgan fingerprint density at radius 3 is 2.00 bits per heavy atom. The highest BCUT2D eigenvalue weighted by molar-refractivity contribution is 8.00. The molecule has 0 bridgehead atoms. The summed E-state index contributed by atoms with van der Waals surface area (Å²) < 4.78 is 0. The Balaban J connectivity index is 1.42. The van der Waals surface area contributed by atoms with Crippen LogP contribution < -0.4 is 16.0 Å². The highest BCUT2D eigenvalue weighted by atomic mass is 35.5. The van der Waals surface area contributed by atoms with Crippen LogP contribution in [-0.4, -0.2) is 23.0 Å². The lowest BCUT2D eigenvalue weighted by Crippen LogP contribution is -2.30. The standard InChI is InChI=1S/C31H24Cl3N3O3S/c1-19(29(38)36-26-17-23(33)16-24(34)18-26)41-27-13-11-25(12-14-27)35-31(40)28(15-20-7-9-22(32)10-8-20)37-30(39)21-5-3-2-4-6-21/h2-19H,1H3,(H,35,40)(H,36,38)(H,37,39)/b28-15-. The van der Waals surface area contributed by atoms with E-state index in [1.807, 2.05) is 0 Å². The van der Waals surface area contributed by atoms with Gasteiger partial charge in [0.15, 0.2) is 0 Å². The summed E-state index contributed by atoms with van der Waals surface area (Å²) >= 11 is 19.4. The van der Waals surface area contributed by atoms with Crippen LogP contribution >= 0.6 is 46.6 Å². The van der Waals surface area contributed by atoms with Gasteiger partial charge in [-0.15, -0.1) is 11.8 Å². The average Bonchev–Trinajstić information content (AvgIpc) is 2.94. The Morgan fingerprint density at radius 1 is 0.732 bits per heavy atom. The van der Waals surface area contributed by atoms with Crippen LogP contribution in [0.3, 0.4) is 0 Å². The zero-order valence-electron chi connectivity index (χ0n) is 21.7. The molecule has 0 radical (unpaired) electrons. The molecule has 4 aromatic carbocycles. The number of halogens is 3. The number of hydrogen-bond acceptors (Lipinski definition) is 4. The number of anilines is 2. The van der Waals surface area contributed by atoms with Crippen LogP contribution in [-0.2, 0) is 9.59 Å². The van der Waals surface area contributed by atoms with Gasteiger partial charge in [-0.25, -0.2) is 0 Å². The smallest absolute Gasteiger partial charge is 0.272 e. The van der Waals surface area contributed by atoms with Crippen molar-refractivity contribution in [3.63, 3.8) is 0 Å². The van der Waals surface area contributed by atoms with Gasteiger partial charge < -0.3 is 16.0 Å². The molecular weight excluding hydrogens is 601 g/mol. The Morgan fingerprint density at radius 2 is 1.37 bits per heavy atom. The fourth-order valence-electron chi connectivity index (χ4n) is 3.61. The van der Waals surface area contributed by atoms with Crippen LogP contribution in [0.15, 0.2) is 108 Å². The third-order valence-electron chi connectivity index (χ3n) is 5.63. The molecule has 4 aromatic rings. The van der Waals surface area contributed by atoms with E-state index in [1.165, 1.54) is 11.8 Å². The molecule has 0 spiro atoms. The maximum Gasteiger partial charge on any atom is 0.272 e. The zero-order chi connectivity index (χ0) is 29.4. The van der Waals surface area contributed by atoms with Gasteiger partial charge in [0.2, 0.25) is 5.91 Å². The molecule has 4 rings (SSSR count). The van der Waals surface area contributed by atoms with Crippen molar-refractivity contribution in [3.8, 4) is 0 Å². The topological polar surface area (TPSA) is 87.3 Å². The quantitative estimate of drug-likeness (QED) is 0.129. The lowest BCUT2D eigenvalue weighted by atomic mass is 10.1. The van der Waals surface area contributed by atoms with Gasteiger partial charge in [0.1, 0.15) is 5.70 Å². The molecule has 0 fully saturated rings. The van der Waals surface area contributed by atoms with E-state index in [2.05, 4.69) is 16.0 Å². The molecule has 0 heterocycles. The van der Waals surface area contributed by atoms with E-state index in [0.717, 1.165) is 4.90 Å². The highest BCUT2D eigenvalue weighted by Gasteiger charge is 2.17. The third kappa shape index (κ3) is 9.13. The van der Waals surface area contributed by atoms with E-state index in [9.17, 15) is 14.4 Å². The zero-order valence-corrected chi connectivity index (χ0v) is 24.7. The summed E-state index contributed by atoms with van der Waals surface area (Å²) in [5.74, 6) is -1.13. The molecule has 6 nitrogen and oxygen atoms in total. The van der Waals surface area contributed by atoms with E-state index in [-0.39, 0.29) is 11.6 Å². The number of hydrogen-bond donors (Lipinski definition) is 3. The Hall–Kier alpha value is -3.75. The molecule has 1 unspecified atom stereocenters. The second-order valence-electron chi connectivity index (χ2n) is 8.82. The normalized spacial score (nSPS) is 11.9. The van der Waals surface area contributed by atoms with Crippen LogP contribution in [0.2, 0.25) is 15.1 Å². The lowest BCUT2D eigenvalue weighted by molar-refractivity contribution is -0.115. The predicted molar refractivity (Wildman–Crippen MR) is 169 cm³/mol. The second kappa shape index (κ2) is 14.2. The van der Waals surface area contributed by atoms with Gasteiger partial charge in [0.25, 0.3) is 11.8 Å². The van der Waals surface area contributed by atoms with Crippen molar-refractivity contribution < 1.29 is 14.4 Å². The van der Waals surface area contributed by atoms with Gasteiger partial charge >= 0.3 is 0 Å². The Bertz CT molecular complexity index is 1560. The van der Waals surface area contributed by atoms with E-state index in [1.54, 1.807) is 110 Å². The highest BCUT2D eigenvalue weighted by Crippen LogP contribution is 2.27. The van der Waals surface area contributed by atoms with Crippen molar-refractivity contribution >= 4 is 81.7 Å². The maximum atomic E-state index is 13.2. The Labute approximate surface area is 257 Å². The minimum Gasteiger partial charge on any atom is -0.325 e. The first-order valence-electron chi connectivity index (χ1n) is 12.3. The number of amides is 3. The minimum atomic E-state index is -0.502. The van der Waals surface area contributed by atoms with E-state index in [0.29, 0.717) is 37.6 Å². The van der Waals surface area contributed by atoms with Crippen molar-refractivity contribution in [2.45, 2.75) is 17.1 Å². The van der Waals surface area contributed by atoms with Gasteiger partial charge in [0.05, 0.1) is 5.25 Å². The van der Waals surface area contributed by atoms with Crippen LogP contribution in [0, 0.1) is 0 Å². The summed E-state index contributed by atoms with van der Waals surface area (Å²) in [7, 11) is 0. The van der Waals surface area contributed by atoms with Gasteiger partial charge in [-0.3, -0.25) is 14.4 Å². The Kier molecular flexibility index (Phi) is 10.5. The van der Waals surface area contributed by atoms with Crippen molar-refractivity contribution in [3.05, 3.63) is 129 Å². The van der Waals surface area contributed by atoms with Crippen LogP contribution in [0.25, 0.3) is 6.08 Å². The van der Waals surface area contributed by atoms with Gasteiger partial charge in [-0.1, -0.05) is 65.1 Å². The van der Waals surface area contributed by atoms with Crippen molar-refractivity contribution in [2.75, 3.05) is 10.6 Å². The average molecular weight is 625 g/mol. The van der Waals surface area contributed by atoms with Crippen molar-refractivity contribution in [2.24, 2.45) is 0 Å². The first-order chi connectivity index (χ1) is 19.7. The minimum absolute atomic E-state index is 0.0611. The lowest BCUT2D eigenvalue weighted by Gasteiger charge is -2.14. The fourth-order valence-corrected chi connectivity index (χ4v) is 5.13. The van der Waals surface area contributed by atoms with Gasteiger partial charge in [-0.05, 0) is 85.3 Å². The van der Waals surface area contributed by atoms with E-state index < -0.39 is 17.1 Å². The molecule has 0 aliphatic heterocycles. The number of nitrogens with one attached hydrogen (secondary N) is 3. The van der Waals surface area contributed by atoms with Crippen LogP contribution in [0.4, 0.5) is 11.4 Å². The number of benzene rings is 4. The monoisotopic (exact) mass is 623 g/mol. The summed E-state index contributed by atoms with van der Waals surface area (Å²) in [4.78, 5) is 39.5. The number of carbonyl (C=O) groups is 3. The fraction of sp³-hybridized carbons (Fsp3) is 0.0645. The second-order valence-corrected chi connectivity index (χ2v) is 11.5. The van der Waals surface area contributed by atoms with Gasteiger partial charge in [-0.2, -0.15) is 0 Å². The van der Waals surface area contributed by atoms with Gasteiger partial charge in [0, 0.05) is 36.9 Å². The molecular formula is C31H24Cl3N3O3S. The number of thioether (sulfide) groups is 1. The number of rotatable bonds is 9. The first-order valence-corrected chi connectivity index (χ1v) is 14.4. The largest absolute Gasteiger partial charge is 0.325 e. The summed E-state index contributed by atoms with van der Waals surface area (Å²) in [5, 5.41) is 9.32. The maximum absolute atomic E-state index is 13.2. The number of carbonyl (C=O) groups excluding carboxylic acids is 3. The van der Waals surface area contributed by atoms with Crippen LogP contribution in [0.5, 0.6) is 0 Å². The molecule has 0 aliphatic carbocycles. The molecule has 3 amide bonds. The van der Waals surface area contributed by atoms with Crippen molar-refractivity contribution in [1.29, 1.82) is 0 Å². The SMILES string of the molecule is CC(Sc1ccc(NC(=O)/C(=C/c2ccc(Cl)cc2)NC(=O)c2ccccc2)cc1)C(=O)Nc1cc(Cl)cc(Cl)c1. The molecule has 3 N–H and O–H groups in total. The molecule has 208 valence electrons. The molecule has 0 saturated heterocycles. The summed E-state index contributed by atoms with van der Waals surface area (Å²) in [6, 6.07) is 27.4.